The molecule has 0 saturated carbocycles. The van der Waals surface area contributed by atoms with Gasteiger partial charge in [0.15, 0.2) is 0 Å². The number of aryl methyl sites for hydroxylation is 1. The molecule has 0 saturated heterocycles. The Labute approximate surface area is 104 Å². The van der Waals surface area contributed by atoms with E-state index in [9.17, 15) is 10.1 Å². The van der Waals surface area contributed by atoms with Gasteiger partial charge < -0.3 is 4.74 Å². The Bertz CT molecular complexity index is 551. The molecule has 1 aromatic heterocycles. The van der Waals surface area contributed by atoms with E-state index in [1.807, 2.05) is 19.2 Å². The van der Waals surface area contributed by atoms with Gasteiger partial charge in [0.05, 0.1) is 23.2 Å². The minimum Gasteiger partial charge on any atom is -0.491 e. The molecule has 0 aliphatic heterocycles. The number of hydrogen-bond acceptors (Lipinski definition) is 4. The predicted molar refractivity (Wildman–Crippen MR) is 65.6 cm³/mol. The van der Waals surface area contributed by atoms with Crippen molar-refractivity contribution in [1.82, 2.24) is 9.78 Å². The van der Waals surface area contributed by atoms with Crippen molar-refractivity contribution in [2.45, 2.75) is 13.5 Å². The third-order valence-corrected chi connectivity index (χ3v) is 2.39. The first kappa shape index (κ1) is 12.1. The molecular weight excluding hydrogens is 234 g/mol. The lowest BCUT2D eigenvalue weighted by Gasteiger charge is -2.05. The van der Waals surface area contributed by atoms with Crippen LogP contribution >= 0.6 is 0 Å². The zero-order valence-electron chi connectivity index (χ0n) is 9.94. The summed E-state index contributed by atoms with van der Waals surface area (Å²) in [6.45, 7) is 2.94. The van der Waals surface area contributed by atoms with E-state index in [0.717, 1.165) is 5.69 Å². The summed E-state index contributed by atoms with van der Waals surface area (Å²) in [4.78, 5) is 10.1. The van der Waals surface area contributed by atoms with E-state index >= 15 is 0 Å². The third kappa shape index (κ3) is 3.07. The van der Waals surface area contributed by atoms with Gasteiger partial charge in [-0.15, -0.1) is 0 Å². The Hall–Kier alpha value is -2.37. The van der Waals surface area contributed by atoms with Crippen LogP contribution in [-0.4, -0.2) is 21.3 Å². The first-order valence-electron chi connectivity index (χ1n) is 5.52. The highest BCUT2D eigenvalue weighted by Gasteiger charge is 2.06. The lowest BCUT2D eigenvalue weighted by Crippen LogP contribution is -2.08. The van der Waals surface area contributed by atoms with Gasteiger partial charge >= 0.3 is 0 Å². The Morgan fingerprint density at radius 1 is 1.44 bits per heavy atom. The summed E-state index contributed by atoms with van der Waals surface area (Å²) >= 11 is 0. The van der Waals surface area contributed by atoms with Crippen molar-refractivity contribution in [2.75, 3.05) is 6.61 Å². The van der Waals surface area contributed by atoms with Crippen LogP contribution in [0.2, 0.25) is 0 Å². The quantitative estimate of drug-likeness (QED) is 0.599. The lowest BCUT2D eigenvalue weighted by atomic mass is 10.3. The molecule has 0 bridgehead atoms. The summed E-state index contributed by atoms with van der Waals surface area (Å²) in [5.74, 6) is 0.494. The van der Waals surface area contributed by atoms with E-state index in [1.54, 1.807) is 16.8 Å². The van der Waals surface area contributed by atoms with E-state index in [4.69, 9.17) is 4.74 Å². The van der Waals surface area contributed by atoms with Crippen molar-refractivity contribution in [3.8, 4) is 5.75 Å². The monoisotopic (exact) mass is 247 g/mol. The second kappa shape index (κ2) is 5.31. The van der Waals surface area contributed by atoms with Gasteiger partial charge in [0.25, 0.3) is 5.69 Å². The Kier molecular flexibility index (Phi) is 3.57. The molecule has 0 unspecified atom stereocenters. The van der Waals surface area contributed by atoms with Gasteiger partial charge in [-0.05, 0) is 19.1 Å². The Morgan fingerprint density at radius 2 is 2.28 bits per heavy atom. The maximum absolute atomic E-state index is 10.6. The van der Waals surface area contributed by atoms with Gasteiger partial charge in [0.1, 0.15) is 12.4 Å². The van der Waals surface area contributed by atoms with E-state index in [2.05, 4.69) is 5.10 Å². The normalized spacial score (nSPS) is 10.3. The first-order chi connectivity index (χ1) is 8.65. The molecule has 0 aliphatic carbocycles. The van der Waals surface area contributed by atoms with Crippen LogP contribution in [0.4, 0.5) is 5.69 Å². The number of non-ortho nitro benzene ring substituents is 1. The molecule has 1 aromatic carbocycles. The molecule has 0 spiro atoms. The molecule has 0 N–H and O–H groups in total. The minimum absolute atomic E-state index is 0.0300. The van der Waals surface area contributed by atoms with Crippen LogP contribution in [-0.2, 0) is 6.54 Å². The molecule has 0 radical (unpaired) electrons. The minimum atomic E-state index is -0.441. The van der Waals surface area contributed by atoms with Crippen LogP contribution in [0.3, 0.4) is 0 Å². The van der Waals surface area contributed by atoms with Gasteiger partial charge in [-0.3, -0.25) is 14.8 Å². The molecule has 2 rings (SSSR count). The summed E-state index contributed by atoms with van der Waals surface area (Å²) in [7, 11) is 0. The molecule has 1 heterocycles. The van der Waals surface area contributed by atoms with Crippen molar-refractivity contribution in [3.05, 3.63) is 52.3 Å². The Morgan fingerprint density at radius 3 is 2.94 bits per heavy atom. The number of hydrogen-bond donors (Lipinski definition) is 0. The molecule has 6 nitrogen and oxygen atoms in total. The molecule has 0 fully saturated rings. The number of rotatable bonds is 5. The molecular formula is C12H13N3O3. The number of aromatic nitrogens is 2. The summed E-state index contributed by atoms with van der Waals surface area (Å²) in [6.07, 6.45) is 1.87. The summed E-state index contributed by atoms with van der Waals surface area (Å²) < 4.78 is 7.22. The van der Waals surface area contributed by atoms with E-state index in [1.165, 1.54) is 12.1 Å². The van der Waals surface area contributed by atoms with Gasteiger partial charge in [0, 0.05) is 12.3 Å². The third-order valence-electron chi connectivity index (χ3n) is 2.39. The van der Waals surface area contributed by atoms with Crippen molar-refractivity contribution in [1.29, 1.82) is 0 Å². The number of nitro groups is 1. The summed E-state index contributed by atoms with van der Waals surface area (Å²) in [6, 6.07) is 8.05. The molecule has 0 amide bonds. The number of benzene rings is 1. The van der Waals surface area contributed by atoms with Crippen LogP contribution < -0.4 is 4.74 Å². The first-order valence-corrected chi connectivity index (χ1v) is 5.52. The average Bonchev–Trinajstić information content (AvgIpc) is 2.75. The van der Waals surface area contributed by atoms with E-state index in [0.29, 0.717) is 18.9 Å². The summed E-state index contributed by atoms with van der Waals surface area (Å²) in [5.41, 5.74) is 0.979. The topological polar surface area (TPSA) is 70.2 Å². The molecule has 94 valence electrons. The van der Waals surface area contributed by atoms with Crippen molar-refractivity contribution >= 4 is 5.69 Å². The van der Waals surface area contributed by atoms with Gasteiger partial charge in [-0.1, -0.05) is 6.07 Å². The van der Waals surface area contributed by atoms with Crippen molar-refractivity contribution in [3.63, 3.8) is 0 Å². The van der Waals surface area contributed by atoms with Crippen molar-refractivity contribution in [2.24, 2.45) is 0 Å². The zero-order chi connectivity index (χ0) is 13.0. The number of nitro benzene ring substituents is 1. The van der Waals surface area contributed by atoms with Crippen LogP contribution in [0.1, 0.15) is 5.69 Å². The fourth-order valence-corrected chi connectivity index (χ4v) is 1.53. The highest BCUT2D eigenvalue weighted by molar-refractivity contribution is 5.37. The molecule has 18 heavy (non-hydrogen) atoms. The second-order valence-electron chi connectivity index (χ2n) is 3.82. The maximum Gasteiger partial charge on any atom is 0.273 e. The van der Waals surface area contributed by atoms with E-state index < -0.39 is 4.92 Å². The lowest BCUT2D eigenvalue weighted by molar-refractivity contribution is -0.384. The fraction of sp³-hybridized carbons (Fsp3) is 0.250. The molecule has 2 aromatic rings. The highest BCUT2D eigenvalue weighted by Crippen LogP contribution is 2.18. The largest absolute Gasteiger partial charge is 0.491 e. The van der Waals surface area contributed by atoms with Crippen LogP contribution in [0, 0.1) is 17.0 Å². The number of nitrogens with zero attached hydrogens (tertiary/aromatic N) is 3. The second-order valence-corrected chi connectivity index (χ2v) is 3.82. The van der Waals surface area contributed by atoms with Gasteiger partial charge in [-0.2, -0.15) is 5.10 Å². The van der Waals surface area contributed by atoms with Gasteiger partial charge in [-0.25, -0.2) is 0 Å². The standard InChI is InChI=1S/C12H13N3O3/c1-10-5-6-14(13-10)7-8-18-12-4-2-3-11(9-12)15(16)17/h2-6,9H,7-8H2,1H3. The smallest absolute Gasteiger partial charge is 0.273 e. The Balaban J connectivity index is 1.90. The fourth-order valence-electron chi connectivity index (χ4n) is 1.53. The molecule has 6 heteroatoms. The van der Waals surface area contributed by atoms with E-state index in [-0.39, 0.29) is 5.69 Å². The van der Waals surface area contributed by atoms with Crippen molar-refractivity contribution < 1.29 is 9.66 Å². The maximum atomic E-state index is 10.6. The number of ether oxygens (including phenoxy) is 1. The average molecular weight is 247 g/mol. The zero-order valence-corrected chi connectivity index (χ0v) is 9.94. The molecule has 0 aliphatic rings. The predicted octanol–water partition coefficient (Wildman–Crippen LogP) is 2.18. The van der Waals surface area contributed by atoms with Crippen LogP contribution in [0.15, 0.2) is 36.5 Å². The molecule has 0 atom stereocenters. The van der Waals surface area contributed by atoms with Crippen LogP contribution in [0.5, 0.6) is 5.75 Å². The van der Waals surface area contributed by atoms with Gasteiger partial charge in [0.2, 0.25) is 0 Å². The van der Waals surface area contributed by atoms with Crippen LogP contribution in [0.25, 0.3) is 0 Å². The highest BCUT2D eigenvalue weighted by atomic mass is 16.6. The SMILES string of the molecule is Cc1ccn(CCOc2cccc([N+](=O)[O-])c2)n1. The summed E-state index contributed by atoms with van der Waals surface area (Å²) in [5, 5.41) is 14.8.